The third-order valence-electron chi connectivity index (χ3n) is 5.38. The average molecular weight is 364 g/mol. The molecule has 0 amide bonds. The minimum Gasteiger partial charge on any atom is -0.488 e. The SMILES string of the molecule is CC1(C)CCc2cc3oc(=O)c4c5cc6c(cc5oc4c3cc2O1)OCO6. The molecule has 0 aliphatic carbocycles. The normalized spacial score (nSPS) is 17.4. The lowest BCUT2D eigenvalue weighted by molar-refractivity contribution is 0.0849. The van der Waals surface area contributed by atoms with Crippen molar-refractivity contribution in [3.8, 4) is 17.2 Å². The smallest absolute Gasteiger partial charge is 0.348 e. The summed E-state index contributed by atoms with van der Waals surface area (Å²) in [7, 11) is 0. The molecule has 6 rings (SSSR count). The highest BCUT2D eigenvalue weighted by Crippen LogP contribution is 2.42. The van der Waals surface area contributed by atoms with Crippen LogP contribution in [-0.4, -0.2) is 12.4 Å². The van der Waals surface area contributed by atoms with Crippen LogP contribution in [-0.2, 0) is 6.42 Å². The second kappa shape index (κ2) is 4.76. The van der Waals surface area contributed by atoms with Gasteiger partial charge in [0.1, 0.15) is 27.9 Å². The lowest BCUT2D eigenvalue weighted by atomic mass is 9.93. The van der Waals surface area contributed by atoms with Gasteiger partial charge >= 0.3 is 5.63 Å². The molecule has 0 N–H and O–H groups in total. The van der Waals surface area contributed by atoms with Gasteiger partial charge in [-0.1, -0.05) is 0 Å². The molecule has 0 saturated heterocycles. The molecular weight excluding hydrogens is 348 g/mol. The van der Waals surface area contributed by atoms with Gasteiger partial charge in [0.05, 0.1) is 5.39 Å². The Morgan fingerprint density at radius 2 is 1.63 bits per heavy atom. The van der Waals surface area contributed by atoms with Crippen molar-refractivity contribution < 1.29 is 23.0 Å². The quantitative estimate of drug-likeness (QED) is 0.427. The van der Waals surface area contributed by atoms with Gasteiger partial charge in [0.2, 0.25) is 6.79 Å². The molecule has 0 spiro atoms. The van der Waals surface area contributed by atoms with Gasteiger partial charge in [-0.05, 0) is 50.5 Å². The highest BCUT2D eigenvalue weighted by atomic mass is 16.7. The van der Waals surface area contributed by atoms with Crippen molar-refractivity contribution >= 4 is 32.9 Å². The summed E-state index contributed by atoms with van der Waals surface area (Å²) in [5.41, 5.74) is 1.96. The third-order valence-corrected chi connectivity index (χ3v) is 5.38. The molecule has 4 heterocycles. The van der Waals surface area contributed by atoms with E-state index in [2.05, 4.69) is 13.8 Å². The first-order valence-corrected chi connectivity index (χ1v) is 8.93. The molecule has 0 atom stereocenters. The number of furan rings is 1. The van der Waals surface area contributed by atoms with Crippen molar-refractivity contribution in [2.45, 2.75) is 32.3 Å². The molecule has 2 aliphatic rings. The lowest BCUT2D eigenvalue weighted by Crippen LogP contribution is -2.32. The van der Waals surface area contributed by atoms with E-state index in [0.29, 0.717) is 39.0 Å². The number of ether oxygens (including phenoxy) is 3. The molecule has 6 heteroatoms. The Hall–Kier alpha value is -3.15. The van der Waals surface area contributed by atoms with E-state index < -0.39 is 5.63 Å². The molecule has 2 aliphatic heterocycles. The standard InChI is InChI=1S/C21H16O6/c1-21(2)4-3-10-5-14-12(7-13(10)27-21)19-18(20(22)26-14)11-6-16-17(24-9-23-16)8-15(11)25-19/h5-8H,3-4,9H2,1-2H3. The molecule has 0 fully saturated rings. The van der Waals surface area contributed by atoms with Gasteiger partial charge in [0.25, 0.3) is 0 Å². The van der Waals surface area contributed by atoms with E-state index in [1.165, 1.54) is 0 Å². The van der Waals surface area contributed by atoms with Gasteiger partial charge in [-0.25, -0.2) is 4.79 Å². The molecule has 0 saturated carbocycles. The number of fused-ring (bicyclic) bond motifs is 7. The summed E-state index contributed by atoms with van der Waals surface area (Å²) in [4.78, 5) is 12.7. The summed E-state index contributed by atoms with van der Waals surface area (Å²) in [6.07, 6.45) is 1.79. The van der Waals surface area contributed by atoms with E-state index in [-0.39, 0.29) is 12.4 Å². The first-order chi connectivity index (χ1) is 13.0. The van der Waals surface area contributed by atoms with Gasteiger partial charge in [-0.2, -0.15) is 0 Å². The van der Waals surface area contributed by atoms with Crippen LogP contribution < -0.4 is 19.8 Å². The maximum atomic E-state index is 12.7. The minimum atomic E-state index is -0.424. The molecular formula is C21H16O6. The van der Waals surface area contributed by atoms with E-state index in [9.17, 15) is 4.79 Å². The van der Waals surface area contributed by atoms with Crippen molar-refractivity contribution in [3.05, 3.63) is 40.2 Å². The Bertz CT molecular complexity index is 1320. The fourth-order valence-corrected chi connectivity index (χ4v) is 3.97. The fourth-order valence-electron chi connectivity index (χ4n) is 3.97. The van der Waals surface area contributed by atoms with Gasteiger partial charge in [-0.15, -0.1) is 0 Å². The molecule has 2 aromatic carbocycles. The summed E-state index contributed by atoms with van der Waals surface area (Å²) >= 11 is 0. The summed E-state index contributed by atoms with van der Waals surface area (Å²) in [5.74, 6) is 2.02. The molecule has 27 heavy (non-hydrogen) atoms. The van der Waals surface area contributed by atoms with Crippen LogP contribution in [0.5, 0.6) is 17.2 Å². The molecule has 2 aromatic heterocycles. The van der Waals surface area contributed by atoms with Crippen LogP contribution in [0.2, 0.25) is 0 Å². The second-order valence-electron chi connectivity index (χ2n) is 7.72. The zero-order valence-corrected chi connectivity index (χ0v) is 14.9. The minimum absolute atomic E-state index is 0.163. The zero-order chi connectivity index (χ0) is 18.3. The number of hydrogen-bond acceptors (Lipinski definition) is 6. The van der Waals surface area contributed by atoms with Gasteiger partial charge < -0.3 is 23.0 Å². The fraction of sp³-hybridized carbons (Fsp3) is 0.286. The number of rotatable bonds is 0. The largest absolute Gasteiger partial charge is 0.488 e. The Labute approximate surface area is 153 Å². The predicted octanol–water partition coefficient (Wildman–Crippen LogP) is 4.52. The van der Waals surface area contributed by atoms with E-state index in [1.54, 1.807) is 12.1 Å². The van der Waals surface area contributed by atoms with Crippen LogP contribution in [0.1, 0.15) is 25.8 Å². The van der Waals surface area contributed by atoms with Gasteiger partial charge in [0.15, 0.2) is 17.1 Å². The second-order valence-corrected chi connectivity index (χ2v) is 7.72. The topological polar surface area (TPSA) is 71.0 Å². The molecule has 0 unspecified atom stereocenters. The number of hydrogen-bond donors (Lipinski definition) is 0. The van der Waals surface area contributed by atoms with Crippen LogP contribution in [0.15, 0.2) is 37.9 Å². The Balaban J connectivity index is 1.71. The van der Waals surface area contributed by atoms with Gasteiger partial charge in [0, 0.05) is 11.5 Å². The van der Waals surface area contributed by atoms with Crippen LogP contribution in [0.4, 0.5) is 0 Å². The van der Waals surface area contributed by atoms with E-state index in [4.69, 9.17) is 23.0 Å². The molecule has 136 valence electrons. The van der Waals surface area contributed by atoms with Gasteiger partial charge in [-0.3, -0.25) is 0 Å². The number of aryl methyl sites for hydroxylation is 1. The van der Waals surface area contributed by atoms with Crippen molar-refractivity contribution in [2.24, 2.45) is 0 Å². The van der Waals surface area contributed by atoms with Crippen molar-refractivity contribution in [1.82, 2.24) is 0 Å². The Morgan fingerprint density at radius 1 is 0.889 bits per heavy atom. The number of benzene rings is 2. The summed E-state index contributed by atoms with van der Waals surface area (Å²) in [6.45, 7) is 4.31. The third kappa shape index (κ3) is 2.04. The van der Waals surface area contributed by atoms with Crippen LogP contribution >= 0.6 is 0 Å². The first-order valence-electron chi connectivity index (χ1n) is 8.93. The van der Waals surface area contributed by atoms with Crippen LogP contribution in [0.25, 0.3) is 32.9 Å². The Morgan fingerprint density at radius 3 is 2.48 bits per heavy atom. The van der Waals surface area contributed by atoms with Crippen LogP contribution in [0, 0.1) is 0 Å². The summed E-state index contributed by atoms with van der Waals surface area (Å²) < 4.78 is 28.7. The van der Waals surface area contributed by atoms with E-state index >= 15 is 0 Å². The maximum Gasteiger partial charge on any atom is 0.348 e. The van der Waals surface area contributed by atoms with Crippen molar-refractivity contribution in [2.75, 3.05) is 6.79 Å². The summed E-state index contributed by atoms with van der Waals surface area (Å²) in [5, 5.41) is 1.79. The highest BCUT2D eigenvalue weighted by Gasteiger charge is 2.28. The predicted molar refractivity (Wildman–Crippen MR) is 98.9 cm³/mol. The molecule has 6 nitrogen and oxygen atoms in total. The average Bonchev–Trinajstić information content (AvgIpc) is 3.22. The van der Waals surface area contributed by atoms with Crippen molar-refractivity contribution in [3.63, 3.8) is 0 Å². The maximum absolute atomic E-state index is 12.7. The highest BCUT2D eigenvalue weighted by molar-refractivity contribution is 6.13. The molecule has 0 radical (unpaired) electrons. The summed E-state index contributed by atoms with van der Waals surface area (Å²) in [6, 6.07) is 7.32. The first kappa shape index (κ1) is 15.0. The van der Waals surface area contributed by atoms with Crippen molar-refractivity contribution in [1.29, 1.82) is 0 Å². The molecule has 0 bridgehead atoms. The Kier molecular flexibility index (Phi) is 2.64. The molecule has 4 aromatic rings. The van der Waals surface area contributed by atoms with E-state index in [1.807, 2.05) is 12.1 Å². The lowest BCUT2D eigenvalue weighted by Gasteiger charge is -2.32. The zero-order valence-electron chi connectivity index (χ0n) is 14.9. The van der Waals surface area contributed by atoms with Crippen LogP contribution in [0.3, 0.4) is 0 Å². The van der Waals surface area contributed by atoms with E-state index in [0.717, 1.165) is 29.5 Å². The monoisotopic (exact) mass is 364 g/mol.